The Bertz CT molecular complexity index is 526. The zero-order valence-corrected chi connectivity index (χ0v) is 10.0. The number of carbonyl (C=O) groups excluding carboxylic acids is 2. The van der Waals surface area contributed by atoms with E-state index in [0.717, 1.165) is 19.4 Å². The lowest BCUT2D eigenvalue weighted by Gasteiger charge is -2.31. The molecule has 2 aliphatic rings. The van der Waals surface area contributed by atoms with Crippen LogP contribution in [0.2, 0.25) is 0 Å². The SMILES string of the molecule is COC(=O)c1ccc2c(c1)OC1CCCN1C2=O. The third-order valence-electron chi connectivity index (χ3n) is 3.35. The van der Waals surface area contributed by atoms with E-state index in [2.05, 4.69) is 4.74 Å². The lowest BCUT2D eigenvalue weighted by Crippen LogP contribution is -2.43. The zero-order valence-electron chi connectivity index (χ0n) is 10.0. The Kier molecular flexibility index (Phi) is 2.47. The molecule has 2 aliphatic heterocycles. The summed E-state index contributed by atoms with van der Waals surface area (Å²) in [4.78, 5) is 25.4. The van der Waals surface area contributed by atoms with Gasteiger partial charge in [-0.15, -0.1) is 0 Å². The minimum absolute atomic E-state index is 0.0184. The molecular formula is C13H13NO4. The second-order valence-corrected chi connectivity index (χ2v) is 4.42. The number of carbonyl (C=O) groups is 2. The molecule has 0 N–H and O–H groups in total. The second-order valence-electron chi connectivity index (χ2n) is 4.42. The maximum Gasteiger partial charge on any atom is 0.337 e. The average molecular weight is 247 g/mol. The van der Waals surface area contributed by atoms with Gasteiger partial charge >= 0.3 is 5.97 Å². The molecular weight excluding hydrogens is 234 g/mol. The van der Waals surface area contributed by atoms with Crippen LogP contribution in [-0.2, 0) is 4.74 Å². The van der Waals surface area contributed by atoms with E-state index in [1.165, 1.54) is 7.11 Å². The molecule has 1 atom stereocenters. The molecule has 1 aromatic rings. The number of fused-ring (bicyclic) bond motifs is 2. The number of amides is 1. The number of hydrogen-bond acceptors (Lipinski definition) is 4. The molecule has 0 aliphatic carbocycles. The van der Waals surface area contributed by atoms with Gasteiger partial charge in [-0.2, -0.15) is 0 Å². The molecule has 1 fully saturated rings. The van der Waals surface area contributed by atoms with Gasteiger partial charge in [0.05, 0.1) is 18.2 Å². The Balaban J connectivity index is 2.00. The van der Waals surface area contributed by atoms with Gasteiger partial charge in [-0.1, -0.05) is 0 Å². The van der Waals surface area contributed by atoms with Gasteiger partial charge in [0.2, 0.25) is 0 Å². The molecule has 1 aromatic carbocycles. The smallest absolute Gasteiger partial charge is 0.337 e. The number of ether oxygens (including phenoxy) is 2. The normalized spacial score (nSPS) is 21.1. The van der Waals surface area contributed by atoms with E-state index < -0.39 is 5.97 Å². The van der Waals surface area contributed by atoms with Crippen LogP contribution in [0, 0.1) is 0 Å². The molecule has 5 heteroatoms. The fraction of sp³-hybridized carbons (Fsp3) is 0.385. The third kappa shape index (κ3) is 1.54. The fourth-order valence-corrected chi connectivity index (χ4v) is 2.43. The Morgan fingerprint density at radius 3 is 3.11 bits per heavy atom. The highest BCUT2D eigenvalue weighted by atomic mass is 16.5. The topological polar surface area (TPSA) is 55.8 Å². The maximum atomic E-state index is 12.2. The first kappa shape index (κ1) is 11.1. The van der Waals surface area contributed by atoms with Crippen LogP contribution in [-0.4, -0.2) is 36.7 Å². The van der Waals surface area contributed by atoms with Crippen molar-refractivity contribution in [1.29, 1.82) is 0 Å². The molecule has 18 heavy (non-hydrogen) atoms. The van der Waals surface area contributed by atoms with Crippen molar-refractivity contribution in [3.05, 3.63) is 29.3 Å². The van der Waals surface area contributed by atoms with E-state index in [1.807, 2.05) is 0 Å². The highest BCUT2D eigenvalue weighted by Gasteiger charge is 2.37. The van der Waals surface area contributed by atoms with Gasteiger partial charge < -0.3 is 14.4 Å². The Labute approximate surface area is 104 Å². The first-order valence-corrected chi connectivity index (χ1v) is 5.90. The lowest BCUT2D eigenvalue weighted by atomic mass is 10.1. The summed E-state index contributed by atoms with van der Waals surface area (Å²) in [6, 6.07) is 4.79. The zero-order chi connectivity index (χ0) is 12.7. The van der Waals surface area contributed by atoms with Gasteiger partial charge in [-0.3, -0.25) is 4.79 Å². The lowest BCUT2D eigenvalue weighted by molar-refractivity contribution is 0.0291. The molecule has 5 nitrogen and oxygen atoms in total. The van der Waals surface area contributed by atoms with Crippen LogP contribution in [0.15, 0.2) is 18.2 Å². The number of hydrogen-bond donors (Lipinski definition) is 0. The fourth-order valence-electron chi connectivity index (χ4n) is 2.43. The van der Waals surface area contributed by atoms with Gasteiger partial charge in [-0.25, -0.2) is 4.79 Å². The van der Waals surface area contributed by atoms with Crippen molar-refractivity contribution in [3.63, 3.8) is 0 Å². The molecule has 0 aromatic heterocycles. The van der Waals surface area contributed by atoms with E-state index >= 15 is 0 Å². The number of benzene rings is 1. The predicted molar refractivity (Wildman–Crippen MR) is 62.5 cm³/mol. The van der Waals surface area contributed by atoms with E-state index in [4.69, 9.17) is 4.74 Å². The summed E-state index contributed by atoms with van der Waals surface area (Å²) in [5.74, 6) is 0.0314. The molecule has 94 valence electrons. The predicted octanol–water partition coefficient (Wildman–Crippen LogP) is 1.43. The molecule has 1 amide bonds. The summed E-state index contributed by atoms with van der Waals surface area (Å²) >= 11 is 0. The summed E-state index contributed by atoms with van der Waals surface area (Å²) < 4.78 is 10.4. The van der Waals surface area contributed by atoms with Gasteiger partial charge in [0, 0.05) is 13.0 Å². The number of methoxy groups -OCH3 is 1. The van der Waals surface area contributed by atoms with Gasteiger partial charge in [0.1, 0.15) is 5.75 Å². The largest absolute Gasteiger partial charge is 0.470 e. The van der Waals surface area contributed by atoms with Crippen molar-refractivity contribution < 1.29 is 19.1 Å². The maximum absolute atomic E-state index is 12.2. The highest BCUT2D eigenvalue weighted by Crippen LogP contribution is 2.33. The van der Waals surface area contributed by atoms with E-state index in [0.29, 0.717) is 16.9 Å². The van der Waals surface area contributed by atoms with Crippen molar-refractivity contribution >= 4 is 11.9 Å². The number of rotatable bonds is 1. The van der Waals surface area contributed by atoms with Crippen LogP contribution in [0.4, 0.5) is 0 Å². The average Bonchev–Trinajstić information content (AvgIpc) is 2.86. The minimum atomic E-state index is -0.428. The van der Waals surface area contributed by atoms with Crippen LogP contribution in [0.5, 0.6) is 5.75 Å². The summed E-state index contributed by atoms with van der Waals surface area (Å²) in [5, 5.41) is 0. The monoisotopic (exact) mass is 247 g/mol. The van der Waals surface area contributed by atoms with Gasteiger partial charge in [-0.05, 0) is 24.6 Å². The van der Waals surface area contributed by atoms with Crippen molar-refractivity contribution in [2.75, 3.05) is 13.7 Å². The van der Waals surface area contributed by atoms with E-state index in [-0.39, 0.29) is 12.1 Å². The van der Waals surface area contributed by atoms with Crippen molar-refractivity contribution in [3.8, 4) is 5.75 Å². The summed E-state index contributed by atoms with van der Waals surface area (Å²) in [7, 11) is 1.33. The summed E-state index contributed by atoms with van der Waals surface area (Å²) in [6.45, 7) is 0.738. The molecule has 2 heterocycles. The van der Waals surface area contributed by atoms with Gasteiger partial charge in [0.25, 0.3) is 5.91 Å². The molecule has 1 unspecified atom stereocenters. The van der Waals surface area contributed by atoms with Crippen LogP contribution in [0.3, 0.4) is 0 Å². The van der Waals surface area contributed by atoms with E-state index in [9.17, 15) is 9.59 Å². The third-order valence-corrected chi connectivity index (χ3v) is 3.35. The van der Waals surface area contributed by atoms with Crippen LogP contribution in [0.25, 0.3) is 0 Å². The molecule has 0 bridgehead atoms. The van der Waals surface area contributed by atoms with Gasteiger partial charge in [0.15, 0.2) is 6.23 Å². The Hall–Kier alpha value is -2.04. The first-order chi connectivity index (χ1) is 8.70. The number of esters is 1. The first-order valence-electron chi connectivity index (χ1n) is 5.90. The quantitative estimate of drug-likeness (QED) is 0.704. The highest BCUT2D eigenvalue weighted by molar-refractivity contribution is 6.00. The molecule has 0 saturated carbocycles. The molecule has 1 saturated heterocycles. The summed E-state index contributed by atoms with van der Waals surface area (Å²) in [6.07, 6.45) is 1.61. The van der Waals surface area contributed by atoms with Crippen molar-refractivity contribution in [2.45, 2.75) is 19.1 Å². The van der Waals surface area contributed by atoms with Crippen LogP contribution >= 0.6 is 0 Å². The van der Waals surface area contributed by atoms with Crippen LogP contribution in [0.1, 0.15) is 33.6 Å². The Morgan fingerprint density at radius 1 is 1.50 bits per heavy atom. The van der Waals surface area contributed by atoms with E-state index in [1.54, 1.807) is 23.1 Å². The number of nitrogens with zero attached hydrogens (tertiary/aromatic N) is 1. The summed E-state index contributed by atoms with van der Waals surface area (Å²) in [5.41, 5.74) is 0.913. The molecule has 0 radical (unpaired) electrons. The molecule has 0 spiro atoms. The second kappa shape index (κ2) is 4.01. The minimum Gasteiger partial charge on any atom is -0.470 e. The van der Waals surface area contributed by atoms with Crippen molar-refractivity contribution in [2.24, 2.45) is 0 Å². The van der Waals surface area contributed by atoms with Crippen LogP contribution < -0.4 is 4.74 Å². The van der Waals surface area contributed by atoms with Crippen molar-refractivity contribution in [1.82, 2.24) is 4.90 Å². The Morgan fingerprint density at radius 2 is 2.33 bits per heavy atom. The standard InChI is InChI=1S/C13H13NO4/c1-17-13(16)8-4-5-9-10(7-8)18-11-3-2-6-14(11)12(9)15/h4-5,7,11H,2-3,6H2,1H3. The molecule has 3 rings (SSSR count).